The fourth-order valence-corrected chi connectivity index (χ4v) is 2.01. The maximum atomic E-state index is 10.6. The second-order valence-electron chi connectivity index (χ2n) is 1.78. The minimum absolute atomic E-state index is 0. The van der Waals surface area contributed by atoms with Gasteiger partial charge in [-0.1, -0.05) is 0 Å². The average molecular weight is 218 g/mol. The van der Waals surface area contributed by atoms with Gasteiger partial charge < -0.3 is 1.43 Å². The van der Waals surface area contributed by atoms with Crippen LogP contribution < -0.4 is 56.5 Å². The molecular formula is C4H7KN2O2S2. The fraction of sp³-hybridized carbons (Fsp3) is 0.250. The second-order valence-corrected chi connectivity index (χ2v) is 4.75. The topological polar surface area (TPSA) is 73.0 Å². The summed E-state index contributed by atoms with van der Waals surface area (Å²) in [6, 6.07) is 0. The molecule has 0 aliphatic carbocycles. The molecule has 58 valence electrons. The van der Waals surface area contributed by atoms with Crippen LogP contribution in [-0.4, -0.2) is 13.4 Å². The number of aryl methyl sites for hydroxylation is 1. The fourth-order valence-electron chi connectivity index (χ4n) is 0.466. The van der Waals surface area contributed by atoms with E-state index in [1.54, 1.807) is 6.92 Å². The van der Waals surface area contributed by atoms with Gasteiger partial charge in [0.2, 0.25) is 4.34 Å². The zero-order valence-corrected chi connectivity index (χ0v) is 11.0. The van der Waals surface area contributed by atoms with E-state index in [0.29, 0.717) is 0 Å². The van der Waals surface area contributed by atoms with Gasteiger partial charge in [0.1, 0.15) is 0 Å². The Hall–Kier alpha value is 1.18. The van der Waals surface area contributed by atoms with Gasteiger partial charge in [0.25, 0.3) is 10.0 Å². The molecular weight excluding hydrogens is 211 g/mol. The molecule has 1 rings (SSSR count). The van der Waals surface area contributed by atoms with Crippen molar-refractivity contribution in [2.75, 3.05) is 0 Å². The molecule has 4 nitrogen and oxygen atoms in total. The summed E-state index contributed by atoms with van der Waals surface area (Å²) in [7, 11) is -3.57. The Morgan fingerprint density at radius 3 is 2.45 bits per heavy atom. The van der Waals surface area contributed by atoms with E-state index in [4.69, 9.17) is 5.14 Å². The molecule has 1 heterocycles. The maximum Gasteiger partial charge on any atom is 1.00 e. The first-order valence-electron chi connectivity index (χ1n) is 2.45. The Kier molecular flexibility index (Phi) is 4.90. The molecule has 0 fully saturated rings. The minimum Gasteiger partial charge on any atom is -1.00 e. The first kappa shape index (κ1) is 12.2. The van der Waals surface area contributed by atoms with Crippen molar-refractivity contribution >= 4 is 21.4 Å². The Morgan fingerprint density at radius 2 is 2.27 bits per heavy atom. The van der Waals surface area contributed by atoms with Gasteiger partial charge in [-0.3, -0.25) is 0 Å². The first-order valence-corrected chi connectivity index (χ1v) is 4.81. The minimum atomic E-state index is -3.57. The summed E-state index contributed by atoms with van der Waals surface area (Å²) in [5, 5.41) is 4.79. The van der Waals surface area contributed by atoms with Gasteiger partial charge in [0.15, 0.2) is 0 Å². The van der Waals surface area contributed by atoms with E-state index in [1.807, 2.05) is 0 Å². The summed E-state index contributed by atoms with van der Waals surface area (Å²) >= 11 is 1.07. The molecule has 11 heavy (non-hydrogen) atoms. The maximum absolute atomic E-state index is 10.6. The standard InChI is InChI=1S/C4H6N2O2S2.K.H/c1-3-2-6-4(9-3)10(5,7)8;;/h2H,1H3,(H2,5,7,8);;/q;+1;-1. The third-order valence-corrected chi connectivity index (χ3v) is 3.09. The van der Waals surface area contributed by atoms with Gasteiger partial charge in [-0.2, -0.15) is 0 Å². The van der Waals surface area contributed by atoms with E-state index >= 15 is 0 Å². The van der Waals surface area contributed by atoms with Crippen LogP contribution in [0.15, 0.2) is 10.5 Å². The molecule has 0 radical (unpaired) electrons. The molecule has 1 aromatic heterocycles. The van der Waals surface area contributed by atoms with Crippen molar-refractivity contribution < 1.29 is 61.2 Å². The largest absolute Gasteiger partial charge is 1.00 e. The quantitative estimate of drug-likeness (QED) is 0.518. The molecule has 0 aromatic carbocycles. The first-order chi connectivity index (χ1) is 4.50. The van der Waals surface area contributed by atoms with Gasteiger partial charge >= 0.3 is 51.4 Å². The van der Waals surface area contributed by atoms with Gasteiger partial charge in [0, 0.05) is 11.1 Å². The molecule has 0 bridgehead atoms. The molecule has 7 heteroatoms. The van der Waals surface area contributed by atoms with Crippen LogP contribution in [0.4, 0.5) is 0 Å². The number of thiazole rings is 1. The third-order valence-electron chi connectivity index (χ3n) is 0.843. The Morgan fingerprint density at radius 1 is 1.73 bits per heavy atom. The van der Waals surface area contributed by atoms with Crippen molar-refractivity contribution in [3.63, 3.8) is 0 Å². The van der Waals surface area contributed by atoms with Crippen LogP contribution in [-0.2, 0) is 10.0 Å². The van der Waals surface area contributed by atoms with Crippen LogP contribution >= 0.6 is 11.3 Å². The number of sulfonamides is 1. The number of primary sulfonamides is 1. The third kappa shape index (κ3) is 3.60. The number of nitrogens with two attached hydrogens (primary N) is 1. The van der Waals surface area contributed by atoms with Crippen molar-refractivity contribution in [3.8, 4) is 0 Å². The van der Waals surface area contributed by atoms with Crippen molar-refractivity contribution in [1.29, 1.82) is 0 Å². The van der Waals surface area contributed by atoms with E-state index in [-0.39, 0.29) is 57.2 Å². The van der Waals surface area contributed by atoms with E-state index in [9.17, 15) is 8.42 Å². The van der Waals surface area contributed by atoms with Crippen molar-refractivity contribution in [2.45, 2.75) is 11.3 Å². The molecule has 0 unspecified atom stereocenters. The molecule has 0 aliphatic heterocycles. The van der Waals surface area contributed by atoms with Crippen LogP contribution in [0.5, 0.6) is 0 Å². The number of nitrogens with zero attached hydrogens (tertiary/aromatic N) is 1. The van der Waals surface area contributed by atoms with Gasteiger partial charge in [-0.05, 0) is 6.92 Å². The van der Waals surface area contributed by atoms with E-state index < -0.39 is 10.0 Å². The predicted molar refractivity (Wildman–Crippen MR) is 39.3 cm³/mol. The smallest absolute Gasteiger partial charge is 1.00 e. The zero-order valence-electron chi connectivity index (χ0n) is 7.23. The summed E-state index contributed by atoms with van der Waals surface area (Å²) in [4.78, 5) is 4.43. The van der Waals surface area contributed by atoms with Crippen LogP contribution in [0.1, 0.15) is 6.30 Å². The molecule has 1 aromatic rings. The molecule has 0 saturated heterocycles. The monoisotopic (exact) mass is 218 g/mol. The van der Waals surface area contributed by atoms with Gasteiger partial charge in [-0.25, -0.2) is 18.5 Å². The van der Waals surface area contributed by atoms with Crippen molar-refractivity contribution in [1.82, 2.24) is 4.98 Å². The molecule has 0 amide bonds. The van der Waals surface area contributed by atoms with Crippen LogP contribution in [0, 0.1) is 6.92 Å². The van der Waals surface area contributed by atoms with Gasteiger partial charge in [-0.15, -0.1) is 11.3 Å². The summed E-state index contributed by atoms with van der Waals surface area (Å²) in [5.74, 6) is 0. The molecule has 0 aliphatic rings. The van der Waals surface area contributed by atoms with Gasteiger partial charge in [0.05, 0.1) is 0 Å². The number of rotatable bonds is 1. The average Bonchev–Trinajstić information content (AvgIpc) is 2.11. The van der Waals surface area contributed by atoms with E-state index in [2.05, 4.69) is 4.98 Å². The number of aromatic nitrogens is 1. The summed E-state index contributed by atoms with van der Waals surface area (Å²) in [5.41, 5.74) is 0. The molecule has 0 atom stereocenters. The Bertz CT molecular complexity index is 337. The summed E-state index contributed by atoms with van der Waals surface area (Å²) in [6.45, 7) is 1.77. The van der Waals surface area contributed by atoms with Crippen molar-refractivity contribution in [2.24, 2.45) is 5.14 Å². The summed E-state index contributed by atoms with van der Waals surface area (Å²) < 4.78 is 21.1. The number of hydrogen-bond donors (Lipinski definition) is 1. The SMILES string of the molecule is Cc1cnc(S(N)(=O)=O)s1.[H-].[K+]. The van der Waals surface area contributed by atoms with E-state index in [1.165, 1.54) is 6.20 Å². The van der Waals surface area contributed by atoms with Crippen LogP contribution in [0.25, 0.3) is 0 Å². The van der Waals surface area contributed by atoms with E-state index in [0.717, 1.165) is 16.2 Å². The second kappa shape index (κ2) is 4.42. The molecule has 0 saturated carbocycles. The summed E-state index contributed by atoms with van der Waals surface area (Å²) in [6.07, 6.45) is 1.48. The normalized spacial score (nSPS) is 10.7. The van der Waals surface area contributed by atoms with Crippen LogP contribution in [0.3, 0.4) is 0 Å². The van der Waals surface area contributed by atoms with Crippen molar-refractivity contribution in [3.05, 3.63) is 11.1 Å². The number of hydrogen-bond acceptors (Lipinski definition) is 4. The van der Waals surface area contributed by atoms with Crippen LogP contribution in [0.2, 0.25) is 0 Å². The molecule has 2 N–H and O–H groups in total. The Balaban J connectivity index is 0. The zero-order chi connectivity index (χ0) is 7.78. The predicted octanol–water partition coefficient (Wildman–Crippen LogP) is -2.78. The molecule has 0 spiro atoms. The Labute approximate surface area is 113 Å².